The molecular weight excluding hydrogens is 284 g/mol. The first-order chi connectivity index (χ1) is 9.88. The molecule has 4 atom stereocenters. The van der Waals surface area contributed by atoms with Crippen molar-refractivity contribution >= 4 is 11.9 Å². The number of aliphatic hydroxyl groups is 4. The normalized spacial score (nSPS) is 16.6. The molecule has 8 nitrogen and oxygen atoms in total. The van der Waals surface area contributed by atoms with Gasteiger partial charge in [-0.2, -0.15) is 0 Å². The molecular formula is C13H16O8. The van der Waals surface area contributed by atoms with Crippen molar-refractivity contribution in [3.8, 4) is 0 Å². The van der Waals surface area contributed by atoms with Crippen LogP contribution in [0.5, 0.6) is 0 Å². The maximum absolute atomic E-state index is 11.7. The monoisotopic (exact) mass is 300 g/mol. The third-order valence-corrected chi connectivity index (χ3v) is 2.73. The van der Waals surface area contributed by atoms with Crippen LogP contribution in [0.3, 0.4) is 0 Å². The van der Waals surface area contributed by atoms with Crippen molar-refractivity contribution in [3.05, 3.63) is 35.9 Å². The standard InChI is InChI=1S/C13H16O8/c14-6-8(15)9(16)10(17)11(12(18)19)21-13(20)7-4-2-1-3-5-7/h1-5,8-11,14-17H,6H2,(H,18,19)/t8-,9-,10+,11-/m1/s1. The zero-order valence-corrected chi connectivity index (χ0v) is 10.9. The van der Waals surface area contributed by atoms with E-state index in [9.17, 15) is 24.9 Å². The molecule has 1 rings (SSSR count). The summed E-state index contributed by atoms with van der Waals surface area (Å²) in [6.07, 6.45) is -7.94. The number of esters is 1. The van der Waals surface area contributed by atoms with Gasteiger partial charge >= 0.3 is 11.9 Å². The zero-order valence-electron chi connectivity index (χ0n) is 10.9. The average Bonchev–Trinajstić information content (AvgIpc) is 2.50. The quantitative estimate of drug-likeness (QED) is 0.377. The summed E-state index contributed by atoms with van der Waals surface area (Å²) in [5.74, 6) is -2.70. The Balaban J connectivity index is 2.83. The van der Waals surface area contributed by atoms with Gasteiger partial charge in [0.25, 0.3) is 0 Å². The van der Waals surface area contributed by atoms with Gasteiger partial charge in [0.15, 0.2) is 0 Å². The second-order valence-electron chi connectivity index (χ2n) is 4.26. The molecule has 0 bridgehead atoms. The number of ether oxygens (including phenoxy) is 1. The van der Waals surface area contributed by atoms with E-state index in [0.717, 1.165) is 0 Å². The van der Waals surface area contributed by atoms with Gasteiger partial charge in [0.2, 0.25) is 6.10 Å². The molecule has 21 heavy (non-hydrogen) atoms. The van der Waals surface area contributed by atoms with Crippen LogP contribution in [-0.4, -0.2) is 68.5 Å². The number of carboxylic acids is 1. The van der Waals surface area contributed by atoms with Gasteiger partial charge in [0.1, 0.15) is 18.3 Å². The smallest absolute Gasteiger partial charge is 0.347 e. The van der Waals surface area contributed by atoms with Crippen molar-refractivity contribution in [2.24, 2.45) is 0 Å². The summed E-state index contributed by atoms with van der Waals surface area (Å²) in [7, 11) is 0. The van der Waals surface area contributed by atoms with Gasteiger partial charge in [-0.3, -0.25) is 0 Å². The van der Waals surface area contributed by atoms with E-state index in [1.165, 1.54) is 24.3 Å². The number of aliphatic hydroxyl groups excluding tert-OH is 4. The van der Waals surface area contributed by atoms with Crippen LogP contribution in [0.1, 0.15) is 10.4 Å². The van der Waals surface area contributed by atoms with E-state index >= 15 is 0 Å². The molecule has 1 aromatic rings. The second kappa shape index (κ2) is 7.70. The lowest BCUT2D eigenvalue weighted by Gasteiger charge is -2.26. The van der Waals surface area contributed by atoms with Crippen molar-refractivity contribution in [2.45, 2.75) is 24.4 Å². The molecule has 0 fully saturated rings. The summed E-state index contributed by atoms with van der Waals surface area (Å²) in [6, 6.07) is 7.47. The lowest BCUT2D eigenvalue weighted by Crippen LogP contribution is -2.50. The number of hydrogen-bond acceptors (Lipinski definition) is 7. The number of benzene rings is 1. The predicted molar refractivity (Wildman–Crippen MR) is 68.4 cm³/mol. The van der Waals surface area contributed by atoms with Crippen molar-refractivity contribution in [2.75, 3.05) is 6.61 Å². The van der Waals surface area contributed by atoms with Crippen LogP contribution in [0.2, 0.25) is 0 Å². The van der Waals surface area contributed by atoms with E-state index in [0.29, 0.717) is 0 Å². The second-order valence-corrected chi connectivity index (χ2v) is 4.26. The molecule has 0 radical (unpaired) electrons. The largest absolute Gasteiger partial charge is 0.478 e. The third-order valence-electron chi connectivity index (χ3n) is 2.73. The fourth-order valence-electron chi connectivity index (χ4n) is 1.54. The van der Waals surface area contributed by atoms with Crippen LogP contribution in [-0.2, 0) is 9.53 Å². The highest BCUT2D eigenvalue weighted by Gasteiger charge is 2.38. The van der Waals surface area contributed by atoms with E-state index in [-0.39, 0.29) is 5.56 Å². The highest BCUT2D eigenvalue weighted by molar-refractivity contribution is 5.91. The van der Waals surface area contributed by atoms with E-state index in [2.05, 4.69) is 4.74 Å². The zero-order chi connectivity index (χ0) is 16.0. The van der Waals surface area contributed by atoms with Gasteiger partial charge in [-0.25, -0.2) is 9.59 Å². The first-order valence-corrected chi connectivity index (χ1v) is 6.02. The Morgan fingerprint density at radius 1 is 1.05 bits per heavy atom. The Morgan fingerprint density at radius 3 is 2.10 bits per heavy atom. The molecule has 0 aliphatic heterocycles. The minimum Gasteiger partial charge on any atom is -0.478 e. The lowest BCUT2D eigenvalue weighted by molar-refractivity contribution is -0.165. The minimum atomic E-state index is -2.10. The Hall–Kier alpha value is -2.00. The maximum atomic E-state index is 11.7. The first-order valence-electron chi connectivity index (χ1n) is 6.02. The van der Waals surface area contributed by atoms with Crippen molar-refractivity contribution in [1.82, 2.24) is 0 Å². The van der Waals surface area contributed by atoms with E-state index in [4.69, 9.17) is 10.2 Å². The molecule has 116 valence electrons. The molecule has 8 heteroatoms. The molecule has 0 aliphatic carbocycles. The molecule has 0 aliphatic rings. The fraction of sp³-hybridized carbons (Fsp3) is 0.385. The van der Waals surface area contributed by atoms with Crippen LogP contribution < -0.4 is 0 Å². The molecule has 0 heterocycles. The summed E-state index contributed by atoms with van der Waals surface area (Å²) >= 11 is 0. The van der Waals surface area contributed by atoms with E-state index in [1.807, 2.05) is 0 Å². The minimum absolute atomic E-state index is 0.0631. The Bertz CT molecular complexity index is 474. The molecule has 0 spiro atoms. The highest BCUT2D eigenvalue weighted by atomic mass is 16.6. The van der Waals surface area contributed by atoms with Crippen molar-refractivity contribution in [3.63, 3.8) is 0 Å². The van der Waals surface area contributed by atoms with Gasteiger partial charge in [-0.1, -0.05) is 18.2 Å². The van der Waals surface area contributed by atoms with Crippen LogP contribution in [0.25, 0.3) is 0 Å². The molecule has 0 unspecified atom stereocenters. The van der Waals surface area contributed by atoms with Gasteiger partial charge < -0.3 is 30.3 Å². The van der Waals surface area contributed by atoms with Crippen LogP contribution in [0.4, 0.5) is 0 Å². The number of carbonyl (C=O) groups excluding carboxylic acids is 1. The molecule has 0 amide bonds. The Labute approximate surface area is 119 Å². The molecule has 5 N–H and O–H groups in total. The lowest BCUT2D eigenvalue weighted by atomic mass is 10.0. The van der Waals surface area contributed by atoms with Crippen molar-refractivity contribution < 1.29 is 39.9 Å². The fourth-order valence-corrected chi connectivity index (χ4v) is 1.54. The number of aliphatic carboxylic acids is 1. The van der Waals surface area contributed by atoms with Crippen LogP contribution >= 0.6 is 0 Å². The molecule has 0 saturated carbocycles. The number of hydrogen-bond donors (Lipinski definition) is 5. The summed E-state index contributed by atoms with van der Waals surface area (Å²) in [5.41, 5.74) is 0.0631. The predicted octanol–water partition coefficient (Wildman–Crippen LogP) is -1.63. The van der Waals surface area contributed by atoms with E-state index in [1.54, 1.807) is 6.07 Å². The van der Waals surface area contributed by atoms with Gasteiger partial charge in [-0.05, 0) is 12.1 Å². The summed E-state index contributed by atoms with van der Waals surface area (Å²) in [4.78, 5) is 22.8. The van der Waals surface area contributed by atoms with Crippen LogP contribution in [0, 0.1) is 0 Å². The van der Waals surface area contributed by atoms with Gasteiger partial charge in [0.05, 0.1) is 12.2 Å². The average molecular weight is 300 g/mol. The number of rotatable bonds is 7. The maximum Gasteiger partial charge on any atom is 0.347 e. The Morgan fingerprint density at radius 2 is 1.62 bits per heavy atom. The molecule has 0 aromatic heterocycles. The topological polar surface area (TPSA) is 145 Å². The molecule has 1 aromatic carbocycles. The number of carbonyl (C=O) groups is 2. The summed E-state index contributed by atoms with van der Waals surface area (Å²) < 4.78 is 4.63. The van der Waals surface area contributed by atoms with Crippen LogP contribution in [0.15, 0.2) is 30.3 Å². The van der Waals surface area contributed by atoms with E-state index < -0.39 is 43.0 Å². The summed E-state index contributed by atoms with van der Waals surface area (Å²) in [5, 5.41) is 45.9. The number of carboxylic acid groups (broad SMARTS) is 1. The van der Waals surface area contributed by atoms with Gasteiger partial charge in [0, 0.05) is 0 Å². The SMILES string of the molecule is O=C(O[C@@H](C(=O)O)[C@@H](O)[C@H](O)[C@H](O)CO)c1ccccc1. The molecule has 0 saturated heterocycles. The van der Waals surface area contributed by atoms with Crippen molar-refractivity contribution in [1.29, 1.82) is 0 Å². The summed E-state index contributed by atoms with van der Waals surface area (Å²) in [6.45, 7) is -0.892. The Kier molecular flexibility index (Phi) is 6.25. The van der Waals surface area contributed by atoms with Gasteiger partial charge in [-0.15, -0.1) is 0 Å². The first kappa shape index (κ1) is 17.1. The third kappa shape index (κ3) is 4.50. The highest BCUT2D eigenvalue weighted by Crippen LogP contribution is 2.12.